The molecule has 69 heavy (non-hydrogen) atoms. The highest BCUT2D eigenvalue weighted by atomic mass is 16.3. The summed E-state index contributed by atoms with van der Waals surface area (Å²) in [5.41, 5.74) is 1.43. The molecule has 0 bridgehead atoms. The highest BCUT2D eigenvalue weighted by Gasteiger charge is 2.23. The summed E-state index contributed by atoms with van der Waals surface area (Å²) in [6.07, 6.45) is 12.5. The van der Waals surface area contributed by atoms with Crippen LogP contribution in [0, 0.1) is 10.8 Å². The molecule has 4 heterocycles. The summed E-state index contributed by atoms with van der Waals surface area (Å²) < 4.78 is 21.2. The SMILES string of the molecule is C/C(=C/CC(C)(C)CC(C)NCCN(CCNC(=O)NCc1ccco1)CCNC(=O)NCc1ccco1)CC(C)(C)CCN(CCNC(=O)NCc1ccco1)CCNC(=O)NCc1ccco1. The minimum Gasteiger partial charge on any atom is -0.467 e. The lowest BCUT2D eigenvalue weighted by atomic mass is 9.79. The van der Waals surface area contributed by atoms with Crippen molar-refractivity contribution in [1.29, 1.82) is 0 Å². The van der Waals surface area contributed by atoms with Crippen LogP contribution in [0.1, 0.15) is 90.3 Å². The molecule has 0 saturated carbocycles. The van der Waals surface area contributed by atoms with Crippen molar-refractivity contribution in [1.82, 2.24) is 57.7 Å². The first-order valence-electron chi connectivity index (χ1n) is 24.1. The maximum Gasteiger partial charge on any atom is 0.315 e. The molecule has 0 fully saturated rings. The second kappa shape index (κ2) is 30.3. The Labute approximate surface area is 408 Å². The van der Waals surface area contributed by atoms with Crippen LogP contribution in [0.3, 0.4) is 0 Å². The molecular weight excluding hydrogens is 883 g/mol. The van der Waals surface area contributed by atoms with Crippen LogP contribution in [0.5, 0.6) is 0 Å². The second-order valence-electron chi connectivity index (χ2n) is 19.0. The molecule has 0 aliphatic carbocycles. The molecule has 0 aromatic carbocycles. The average molecular weight is 962 g/mol. The molecule has 382 valence electrons. The quantitative estimate of drug-likeness (QED) is 0.0234. The number of allylic oxidation sites excluding steroid dienone is 2. The first-order chi connectivity index (χ1) is 33.1. The van der Waals surface area contributed by atoms with E-state index in [-0.39, 0.29) is 41.0 Å². The van der Waals surface area contributed by atoms with Crippen LogP contribution in [0.25, 0.3) is 0 Å². The summed E-state index contributed by atoms with van der Waals surface area (Å²) in [5.74, 6) is 2.72. The van der Waals surface area contributed by atoms with E-state index in [9.17, 15) is 19.2 Å². The molecule has 0 radical (unpaired) electrons. The number of urea groups is 4. The Morgan fingerprint density at radius 1 is 0.522 bits per heavy atom. The Kier molecular flexibility index (Phi) is 24.4. The lowest BCUT2D eigenvalue weighted by Gasteiger charge is -2.31. The normalized spacial score (nSPS) is 12.4. The lowest BCUT2D eigenvalue weighted by Crippen LogP contribution is -2.46. The van der Waals surface area contributed by atoms with E-state index in [0.717, 1.165) is 45.3 Å². The van der Waals surface area contributed by atoms with Crippen molar-refractivity contribution < 1.29 is 36.8 Å². The van der Waals surface area contributed by atoms with Gasteiger partial charge in [0, 0.05) is 71.5 Å². The second-order valence-corrected chi connectivity index (χ2v) is 19.0. The minimum atomic E-state index is -0.272. The van der Waals surface area contributed by atoms with E-state index >= 15 is 0 Å². The van der Waals surface area contributed by atoms with E-state index in [2.05, 4.69) is 105 Å². The summed E-state index contributed by atoms with van der Waals surface area (Å²) in [6.45, 7) is 21.4. The Morgan fingerprint density at radius 2 is 0.870 bits per heavy atom. The van der Waals surface area contributed by atoms with Crippen molar-refractivity contribution in [3.05, 3.63) is 108 Å². The van der Waals surface area contributed by atoms with Crippen LogP contribution < -0.4 is 47.9 Å². The summed E-state index contributed by atoms with van der Waals surface area (Å²) in [7, 11) is 0. The third-order valence-electron chi connectivity index (χ3n) is 11.5. The zero-order valence-electron chi connectivity index (χ0n) is 41.7. The zero-order chi connectivity index (χ0) is 49.7. The third kappa shape index (κ3) is 25.1. The van der Waals surface area contributed by atoms with E-state index in [0.29, 0.717) is 102 Å². The van der Waals surface area contributed by atoms with Gasteiger partial charge in [-0.3, -0.25) is 9.80 Å². The maximum absolute atomic E-state index is 12.5. The van der Waals surface area contributed by atoms with Crippen molar-refractivity contribution >= 4 is 24.1 Å². The van der Waals surface area contributed by atoms with Crippen LogP contribution in [-0.2, 0) is 26.2 Å². The molecule has 0 aliphatic heterocycles. The molecule has 0 aliphatic rings. The highest BCUT2D eigenvalue weighted by molar-refractivity contribution is 5.74. The highest BCUT2D eigenvalue weighted by Crippen LogP contribution is 2.32. The van der Waals surface area contributed by atoms with Gasteiger partial charge in [0.15, 0.2) is 0 Å². The summed E-state index contributed by atoms with van der Waals surface area (Å²) in [4.78, 5) is 54.3. The molecule has 0 saturated heterocycles. The Balaban J connectivity index is 1.19. The van der Waals surface area contributed by atoms with E-state index in [4.69, 9.17) is 17.7 Å². The average Bonchev–Trinajstić information content (AvgIpc) is 4.17. The molecule has 19 nitrogen and oxygen atoms in total. The van der Waals surface area contributed by atoms with E-state index in [1.807, 2.05) is 24.3 Å². The molecule has 4 aromatic heterocycles. The van der Waals surface area contributed by atoms with Crippen molar-refractivity contribution in [3.63, 3.8) is 0 Å². The Morgan fingerprint density at radius 3 is 1.22 bits per heavy atom. The molecule has 4 aromatic rings. The van der Waals surface area contributed by atoms with Crippen LogP contribution >= 0.6 is 0 Å². The number of carbonyl (C=O) groups is 4. The van der Waals surface area contributed by atoms with Gasteiger partial charge in [0.05, 0.1) is 51.2 Å². The van der Waals surface area contributed by atoms with Gasteiger partial charge < -0.3 is 65.5 Å². The maximum atomic E-state index is 12.5. The molecule has 4 rings (SSSR count). The van der Waals surface area contributed by atoms with E-state index in [1.165, 1.54) is 5.57 Å². The van der Waals surface area contributed by atoms with Gasteiger partial charge >= 0.3 is 24.1 Å². The first kappa shape index (κ1) is 55.4. The van der Waals surface area contributed by atoms with Gasteiger partial charge in [0.1, 0.15) is 23.0 Å². The van der Waals surface area contributed by atoms with E-state index < -0.39 is 0 Å². The van der Waals surface area contributed by atoms with Crippen molar-refractivity contribution in [2.75, 3.05) is 72.0 Å². The predicted octanol–water partition coefficient (Wildman–Crippen LogP) is 6.50. The first-order valence-corrected chi connectivity index (χ1v) is 24.1. The fraction of sp³-hybridized carbons (Fsp3) is 0.560. The Bertz CT molecular complexity index is 1920. The number of amides is 8. The molecule has 1 unspecified atom stereocenters. The van der Waals surface area contributed by atoms with Gasteiger partial charge in [0.25, 0.3) is 0 Å². The Hall–Kier alpha value is -6.18. The van der Waals surface area contributed by atoms with Crippen LogP contribution in [0.2, 0.25) is 0 Å². The molecule has 0 spiro atoms. The summed E-state index contributed by atoms with van der Waals surface area (Å²) >= 11 is 0. The number of hydrogen-bond acceptors (Lipinski definition) is 11. The molecule has 8 amide bonds. The lowest BCUT2D eigenvalue weighted by molar-refractivity contribution is 0.209. The topological polar surface area (TPSA) is 236 Å². The van der Waals surface area contributed by atoms with Gasteiger partial charge in [-0.2, -0.15) is 0 Å². The summed E-state index contributed by atoms with van der Waals surface area (Å²) in [6, 6.07) is 13.6. The predicted molar refractivity (Wildman–Crippen MR) is 266 cm³/mol. The minimum absolute atomic E-state index is 0.0178. The number of carbonyl (C=O) groups excluding carboxylic acids is 4. The molecule has 9 N–H and O–H groups in total. The number of nitrogens with one attached hydrogen (secondary N) is 9. The monoisotopic (exact) mass is 962 g/mol. The smallest absolute Gasteiger partial charge is 0.315 e. The van der Waals surface area contributed by atoms with Gasteiger partial charge in [0.2, 0.25) is 0 Å². The molecular formula is C50H79N11O8. The van der Waals surface area contributed by atoms with Crippen molar-refractivity contribution in [3.8, 4) is 0 Å². The van der Waals surface area contributed by atoms with E-state index in [1.54, 1.807) is 49.3 Å². The largest absolute Gasteiger partial charge is 0.467 e. The van der Waals surface area contributed by atoms with Crippen LogP contribution in [-0.4, -0.2) is 112 Å². The standard InChI is InChI=1S/C50H79N11O8/c1-39(33-50(5,6)17-23-60(25-19-52-45(62)56-35-41-11-7-29-66-41)26-20-53-46(63)57-36-42-12-8-30-67-42)15-16-49(3,4)34-40(2)51-18-24-61(27-21-54-47(64)58-37-43-13-9-31-68-43)28-22-55-48(65)59-38-44-14-10-32-69-44/h7-15,29-32,40,51H,16-28,33-38H2,1-6H3,(H2,52,56,62)(H2,53,57,63)(H2,54,58,64)(H2,55,59,65)/b39-15-. The fourth-order valence-electron chi connectivity index (χ4n) is 7.83. The third-order valence-corrected chi connectivity index (χ3v) is 11.5. The number of hydrogen-bond donors (Lipinski definition) is 9. The summed E-state index contributed by atoms with van der Waals surface area (Å²) in [5, 5.41) is 26.7. The van der Waals surface area contributed by atoms with Gasteiger partial charge in [-0.15, -0.1) is 0 Å². The zero-order valence-corrected chi connectivity index (χ0v) is 41.7. The van der Waals surface area contributed by atoms with Crippen molar-refractivity contribution in [2.45, 2.75) is 99.4 Å². The van der Waals surface area contributed by atoms with Gasteiger partial charge in [-0.05, 0) is 105 Å². The fourth-order valence-corrected chi connectivity index (χ4v) is 7.83. The van der Waals surface area contributed by atoms with Crippen LogP contribution in [0.15, 0.2) is 103 Å². The number of rotatable bonds is 33. The molecule has 19 heteroatoms. The van der Waals surface area contributed by atoms with Crippen LogP contribution in [0.4, 0.5) is 19.2 Å². The van der Waals surface area contributed by atoms with Gasteiger partial charge in [-0.1, -0.05) is 39.3 Å². The molecule has 1 atom stereocenters. The number of nitrogens with zero attached hydrogens (tertiary/aromatic N) is 2. The number of furan rings is 4. The van der Waals surface area contributed by atoms with Crippen molar-refractivity contribution in [2.24, 2.45) is 10.8 Å². The van der Waals surface area contributed by atoms with Gasteiger partial charge in [-0.25, -0.2) is 19.2 Å².